The maximum atomic E-state index is 13.2. The van der Waals surface area contributed by atoms with Gasteiger partial charge in [-0.15, -0.1) is 0 Å². The number of ketones is 1. The van der Waals surface area contributed by atoms with Crippen LogP contribution in [0.5, 0.6) is 0 Å². The van der Waals surface area contributed by atoms with Gasteiger partial charge < -0.3 is 5.32 Å². The molecule has 0 aliphatic carbocycles. The van der Waals surface area contributed by atoms with E-state index in [2.05, 4.69) is 10.4 Å². The standard InChI is InChI=1S/C19H16FN3O2/c1-12-17(13(2)23(22-12)16-9-4-3-5-10-16)18(24)19(25)21-15-8-6-7-14(20)11-15/h3-11H,1-2H3,(H,21,25). The van der Waals surface area contributed by atoms with E-state index in [4.69, 9.17) is 0 Å². The monoisotopic (exact) mass is 337 g/mol. The molecule has 0 fully saturated rings. The second kappa shape index (κ2) is 6.68. The number of Topliss-reactive ketones (excluding diaryl/α,β-unsaturated/α-hetero) is 1. The molecule has 0 radical (unpaired) electrons. The van der Waals surface area contributed by atoms with Crippen molar-refractivity contribution < 1.29 is 14.0 Å². The Morgan fingerprint density at radius 2 is 1.76 bits per heavy atom. The maximum absolute atomic E-state index is 13.2. The van der Waals surface area contributed by atoms with Crippen LogP contribution in [0, 0.1) is 19.7 Å². The average molecular weight is 337 g/mol. The summed E-state index contributed by atoms with van der Waals surface area (Å²) in [7, 11) is 0. The Kier molecular flexibility index (Phi) is 4.43. The van der Waals surface area contributed by atoms with Crippen molar-refractivity contribution in [3.63, 3.8) is 0 Å². The molecule has 1 aromatic heterocycles. The van der Waals surface area contributed by atoms with Crippen molar-refractivity contribution in [2.75, 3.05) is 5.32 Å². The van der Waals surface area contributed by atoms with Gasteiger partial charge in [0.15, 0.2) is 0 Å². The van der Waals surface area contributed by atoms with E-state index in [1.807, 2.05) is 30.3 Å². The lowest BCUT2D eigenvalue weighted by molar-refractivity contribution is -0.112. The number of anilines is 1. The quantitative estimate of drug-likeness (QED) is 0.586. The molecule has 0 saturated heterocycles. The third-order valence-corrected chi connectivity index (χ3v) is 3.81. The van der Waals surface area contributed by atoms with Crippen LogP contribution in [0.2, 0.25) is 0 Å². The van der Waals surface area contributed by atoms with Gasteiger partial charge in [0.05, 0.1) is 22.6 Å². The van der Waals surface area contributed by atoms with Gasteiger partial charge in [-0.05, 0) is 44.2 Å². The van der Waals surface area contributed by atoms with Crippen molar-refractivity contribution in [2.24, 2.45) is 0 Å². The van der Waals surface area contributed by atoms with Crippen molar-refractivity contribution in [1.29, 1.82) is 0 Å². The number of amides is 1. The van der Waals surface area contributed by atoms with Crippen LogP contribution in [0.15, 0.2) is 54.6 Å². The van der Waals surface area contributed by atoms with Gasteiger partial charge in [-0.1, -0.05) is 24.3 Å². The fraction of sp³-hybridized carbons (Fsp3) is 0.105. The van der Waals surface area contributed by atoms with Crippen LogP contribution >= 0.6 is 0 Å². The molecule has 126 valence electrons. The van der Waals surface area contributed by atoms with Crippen LogP contribution in [0.3, 0.4) is 0 Å². The molecule has 3 rings (SSSR count). The summed E-state index contributed by atoms with van der Waals surface area (Å²) in [5.41, 5.74) is 2.30. The Balaban J connectivity index is 1.90. The zero-order chi connectivity index (χ0) is 18.0. The molecule has 0 bridgehead atoms. The molecule has 0 aliphatic rings. The van der Waals surface area contributed by atoms with Crippen molar-refractivity contribution in [3.05, 3.63) is 77.4 Å². The maximum Gasteiger partial charge on any atom is 0.296 e. The first-order chi connectivity index (χ1) is 12.0. The molecule has 25 heavy (non-hydrogen) atoms. The van der Waals surface area contributed by atoms with Crippen LogP contribution in [0.4, 0.5) is 10.1 Å². The Labute approximate surface area is 144 Å². The van der Waals surface area contributed by atoms with E-state index in [-0.39, 0.29) is 11.3 Å². The highest BCUT2D eigenvalue weighted by atomic mass is 19.1. The summed E-state index contributed by atoms with van der Waals surface area (Å²) >= 11 is 0. The zero-order valence-electron chi connectivity index (χ0n) is 13.8. The SMILES string of the molecule is Cc1nn(-c2ccccc2)c(C)c1C(=O)C(=O)Nc1cccc(F)c1. The van der Waals surface area contributed by atoms with Crippen LogP contribution in [0.25, 0.3) is 5.69 Å². The Bertz CT molecular complexity index is 949. The lowest BCUT2D eigenvalue weighted by atomic mass is 10.1. The predicted octanol–water partition coefficient (Wildman–Crippen LogP) is 3.45. The smallest absolute Gasteiger partial charge is 0.296 e. The van der Waals surface area contributed by atoms with E-state index >= 15 is 0 Å². The predicted molar refractivity (Wildman–Crippen MR) is 92.4 cm³/mol. The van der Waals surface area contributed by atoms with Gasteiger partial charge >= 0.3 is 0 Å². The highest BCUT2D eigenvalue weighted by molar-refractivity contribution is 6.47. The number of para-hydroxylation sites is 1. The Morgan fingerprint density at radius 1 is 1.04 bits per heavy atom. The van der Waals surface area contributed by atoms with Crippen molar-refractivity contribution in [1.82, 2.24) is 9.78 Å². The van der Waals surface area contributed by atoms with Crippen molar-refractivity contribution in [2.45, 2.75) is 13.8 Å². The Hall–Kier alpha value is -3.28. The summed E-state index contributed by atoms with van der Waals surface area (Å²) < 4.78 is 14.8. The first-order valence-electron chi connectivity index (χ1n) is 7.70. The van der Waals surface area contributed by atoms with Crippen LogP contribution < -0.4 is 5.32 Å². The van der Waals surface area contributed by atoms with Crippen LogP contribution in [-0.4, -0.2) is 21.5 Å². The molecule has 0 unspecified atom stereocenters. The van der Waals surface area contributed by atoms with Gasteiger partial charge in [-0.2, -0.15) is 5.10 Å². The van der Waals surface area contributed by atoms with E-state index in [1.54, 1.807) is 18.5 Å². The first-order valence-corrected chi connectivity index (χ1v) is 7.70. The second-order valence-electron chi connectivity index (χ2n) is 5.59. The highest BCUT2D eigenvalue weighted by Crippen LogP contribution is 2.19. The number of halogens is 1. The number of benzene rings is 2. The third-order valence-electron chi connectivity index (χ3n) is 3.81. The molecule has 6 heteroatoms. The Morgan fingerprint density at radius 3 is 2.44 bits per heavy atom. The summed E-state index contributed by atoms with van der Waals surface area (Å²) in [5.74, 6) is -2.03. The summed E-state index contributed by atoms with van der Waals surface area (Å²) in [6.45, 7) is 3.41. The summed E-state index contributed by atoms with van der Waals surface area (Å²) in [6.07, 6.45) is 0. The zero-order valence-corrected chi connectivity index (χ0v) is 13.8. The van der Waals surface area contributed by atoms with E-state index in [9.17, 15) is 14.0 Å². The summed E-state index contributed by atoms with van der Waals surface area (Å²) in [6, 6.07) is 14.7. The minimum absolute atomic E-state index is 0.226. The number of nitrogens with zero attached hydrogens (tertiary/aromatic N) is 2. The lowest BCUT2D eigenvalue weighted by Gasteiger charge is -2.06. The number of hydrogen-bond acceptors (Lipinski definition) is 3. The summed E-state index contributed by atoms with van der Waals surface area (Å²) in [5, 5.41) is 6.78. The normalized spacial score (nSPS) is 10.5. The van der Waals surface area contributed by atoms with Crippen molar-refractivity contribution in [3.8, 4) is 5.69 Å². The fourth-order valence-corrected chi connectivity index (χ4v) is 2.66. The molecule has 1 heterocycles. The molecule has 0 aliphatic heterocycles. The molecule has 5 nitrogen and oxygen atoms in total. The number of nitrogens with one attached hydrogen (secondary N) is 1. The molecular formula is C19H16FN3O2. The molecule has 3 aromatic rings. The minimum atomic E-state index is -0.829. The topological polar surface area (TPSA) is 64.0 Å². The van der Waals surface area contributed by atoms with Gasteiger partial charge in [0.2, 0.25) is 0 Å². The first kappa shape index (κ1) is 16.6. The average Bonchev–Trinajstić information content (AvgIpc) is 2.89. The number of hydrogen-bond donors (Lipinski definition) is 1. The number of aromatic nitrogens is 2. The number of carbonyl (C=O) groups is 2. The van der Waals surface area contributed by atoms with Crippen LogP contribution in [0.1, 0.15) is 21.7 Å². The van der Waals surface area contributed by atoms with E-state index in [0.29, 0.717) is 11.4 Å². The second-order valence-corrected chi connectivity index (χ2v) is 5.59. The molecule has 0 spiro atoms. The van der Waals surface area contributed by atoms with Gasteiger partial charge in [-0.25, -0.2) is 9.07 Å². The van der Waals surface area contributed by atoms with E-state index < -0.39 is 17.5 Å². The minimum Gasteiger partial charge on any atom is -0.319 e. The fourth-order valence-electron chi connectivity index (χ4n) is 2.66. The molecule has 0 atom stereocenters. The lowest BCUT2D eigenvalue weighted by Crippen LogP contribution is -2.24. The molecule has 0 saturated carbocycles. The highest BCUT2D eigenvalue weighted by Gasteiger charge is 2.25. The summed E-state index contributed by atoms with van der Waals surface area (Å²) in [4.78, 5) is 24.8. The molecular weight excluding hydrogens is 321 g/mol. The number of carbonyl (C=O) groups excluding carboxylic acids is 2. The van der Waals surface area contributed by atoms with Gasteiger partial charge in [0.25, 0.3) is 11.7 Å². The van der Waals surface area contributed by atoms with Gasteiger partial charge in [0.1, 0.15) is 5.82 Å². The number of rotatable bonds is 4. The molecule has 1 amide bonds. The molecule has 2 aromatic carbocycles. The van der Waals surface area contributed by atoms with Crippen molar-refractivity contribution >= 4 is 17.4 Å². The van der Waals surface area contributed by atoms with E-state index in [1.165, 1.54) is 18.2 Å². The van der Waals surface area contributed by atoms with Crippen LogP contribution in [-0.2, 0) is 4.79 Å². The van der Waals surface area contributed by atoms with E-state index in [0.717, 1.165) is 11.8 Å². The van der Waals surface area contributed by atoms with Gasteiger partial charge in [0, 0.05) is 5.69 Å². The molecule has 1 N–H and O–H groups in total. The van der Waals surface area contributed by atoms with Gasteiger partial charge in [-0.3, -0.25) is 9.59 Å². The number of aryl methyl sites for hydroxylation is 1. The third kappa shape index (κ3) is 3.33. The largest absolute Gasteiger partial charge is 0.319 e.